The number of hydrogen-bond acceptors (Lipinski definition) is 3. The maximum Gasteiger partial charge on any atom is 0.139 e. The molecule has 1 saturated heterocycles. The van der Waals surface area contributed by atoms with Crippen LogP contribution in [0.15, 0.2) is 12.1 Å². The number of nitrogens with one attached hydrogen (secondary N) is 2. The molecule has 0 saturated carbocycles. The molecule has 1 heterocycles. The zero-order valence-corrected chi connectivity index (χ0v) is 9.57. The van der Waals surface area contributed by atoms with Crippen molar-refractivity contribution in [2.45, 2.75) is 6.04 Å². The molecule has 1 aliphatic heterocycles. The third kappa shape index (κ3) is 2.37. The van der Waals surface area contributed by atoms with Gasteiger partial charge in [0.2, 0.25) is 0 Å². The lowest BCUT2D eigenvalue weighted by atomic mass is 10.0. The molecular weight excluding hydrogens is 235 g/mol. The van der Waals surface area contributed by atoms with Crippen molar-refractivity contribution >= 4 is 23.2 Å². The van der Waals surface area contributed by atoms with Crippen molar-refractivity contribution in [2.75, 3.05) is 19.6 Å². The van der Waals surface area contributed by atoms with Gasteiger partial charge in [-0.15, -0.1) is 0 Å². The summed E-state index contributed by atoms with van der Waals surface area (Å²) in [5.41, 5.74) is 0.750. The lowest BCUT2D eigenvalue weighted by Gasteiger charge is -2.25. The lowest BCUT2D eigenvalue weighted by molar-refractivity contribution is 0.404. The molecule has 1 aromatic carbocycles. The molecule has 3 nitrogen and oxygen atoms in total. The van der Waals surface area contributed by atoms with Crippen molar-refractivity contribution in [3.63, 3.8) is 0 Å². The minimum Gasteiger partial charge on any atom is -0.506 e. The minimum atomic E-state index is 0.0648. The van der Waals surface area contributed by atoms with Gasteiger partial charge in [-0.3, -0.25) is 0 Å². The van der Waals surface area contributed by atoms with Crippen LogP contribution >= 0.6 is 23.2 Å². The Kier molecular flexibility index (Phi) is 3.36. The van der Waals surface area contributed by atoms with Crippen LogP contribution in [0.5, 0.6) is 5.75 Å². The highest BCUT2D eigenvalue weighted by Gasteiger charge is 2.19. The molecule has 0 amide bonds. The Morgan fingerprint density at radius 3 is 2.73 bits per heavy atom. The number of phenolic OH excluding ortho intramolecular Hbond substituents is 1. The van der Waals surface area contributed by atoms with E-state index >= 15 is 0 Å². The third-order valence-corrected chi connectivity index (χ3v) is 2.98. The van der Waals surface area contributed by atoms with Gasteiger partial charge in [-0.2, -0.15) is 0 Å². The van der Waals surface area contributed by atoms with E-state index in [1.165, 1.54) is 6.07 Å². The van der Waals surface area contributed by atoms with E-state index in [2.05, 4.69) is 10.6 Å². The average molecular weight is 247 g/mol. The number of aromatic hydroxyl groups is 1. The number of phenols is 1. The van der Waals surface area contributed by atoms with E-state index in [1.54, 1.807) is 6.07 Å². The first-order chi connectivity index (χ1) is 7.18. The molecule has 1 fully saturated rings. The van der Waals surface area contributed by atoms with Crippen molar-refractivity contribution in [3.8, 4) is 5.75 Å². The van der Waals surface area contributed by atoms with E-state index in [9.17, 15) is 5.11 Å². The first kappa shape index (κ1) is 11.0. The summed E-state index contributed by atoms with van der Waals surface area (Å²) in [4.78, 5) is 0. The maximum atomic E-state index is 9.82. The van der Waals surface area contributed by atoms with Crippen molar-refractivity contribution < 1.29 is 5.11 Å². The quantitative estimate of drug-likeness (QED) is 0.710. The highest BCUT2D eigenvalue weighted by molar-refractivity contribution is 6.35. The Hall–Kier alpha value is -0.480. The first-order valence-electron chi connectivity index (χ1n) is 4.80. The second-order valence-corrected chi connectivity index (χ2v) is 4.38. The number of rotatable bonds is 1. The zero-order chi connectivity index (χ0) is 10.8. The molecule has 0 aliphatic carbocycles. The minimum absolute atomic E-state index is 0.0648. The number of halogens is 2. The van der Waals surface area contributed by atoms with Gasteiger partial charge in [0.05, 0.1) is 5.02 Å². The van der Waals surface area contributed by atoms with Gasteiger partial charge in [0.25, 0.3) is 0 Å². The van der Waals surface area contributed by atoms with Crippen LogP contribution in [0.3, 0.4) is 0 Å². The molecule has 3 N–H and O–H groups in total. The standard InChI is InChI=1S/C10H12Cl2N2O/c11-6-3-7(10(15)8(12)4-6)9-5-13-1-2-14-9/h3-4,9,13-15H,1-2,5H2/t9-/m0/s1. The van der Waals surface area contributed by atoms with Gasteiger partial charge in [0.1, 0.15) is 5.75 Å². The predicted octanol–water partition coefficient (Wildman–Crippen LogP) is 1.93. The van der Waals surface area contributed by atoms with Crippen LogP contribution in [0.1, 0.15) is 11.6 Å². The van der Waals surface area contributed by atoms with Gasteiger partial charge in [-0.25, -0.2) is 0 Å². The summed E-state index contributed by atoms with van der Waals surface area (Å²) in [6, 6.07) is 3.35. The fourth-order valence-electron chi connectivity index (χ4n) is 1.72. The Morgan fingerprint density at radius 2 is 2.07 bits per heavy atom. The monoisotopic (exact) mass is 246 g/mol. The highest BCUT2D eigenvalue weighted by Crippen LogP contribution is 2.34. The van der Waals surface area contributed by atoms with Gasteiger partial charge in [-0.1, -0.05) is 23.2 Å². The summed E-state index contributed by atoms with van der Waals surface area (Å²) >= 11 is 11.8. The first-order valence-corrected chi connectivity index (χ1v) is 5.56. The molecule has 1 aromatic rings. The lowest BCUT2D eigenvalue weighted by Crippen LogP contribution is -2.42. The summed E-state index contributed by atoms with van der Waals surface area (Å²) in [6.07, 6.45) is 0. The smallest absolute Gasteiger partial charge is 0.139 e. The van der Waals surface area contributed by atoms with Crippen LogP contribution in [0.2, 0.25) is 10.0 Å². The molecule has 0 unspecified atom stereocenters. The molecule has 0 bridgehead atoms. The average Bonchev–Trinajstić information content (AvgIpc) is 2.24. The van der Waals surface area contributed by atoms with E-state index in [0.717, 1.165) is 25.2 Å². The topological polar surface area (TPSA) is 44.3 Å². The van der Waals surface area contributed by atoms with Crippen LogP contribution in [0.4, 0.5) is 0 Å². The number of benzene rings is 1. The predicted molar refractivity (Wildman–Crippen MR) is 61.7 cm³/mol. The number of hydrogen-bond donors (Lipinski definition) is 3. The Labute approximate surface area is 98.4 Å². The molecule has 0 aromatic heterocycles. The molecule has 1 aliphatic rings. The Morgan fingerprint density at radius 1 is 1.27 bits per heavy atom. The van der Waals surface area contributed by atoms with E-state index < -0.39 is 0 Å². The van der Waals surface area contributed by atoms with E-state index in [1.807, 2.05) is 0 Å². The molecule has 2 rings (SSSR count). The van der Waals surface area contributed by atoms with E-state index in [-0.39, 0.29) is 11.8 Å². The van der Waals surface area contributed by atoms with Crippen molar-refractivity contribution in [3.05, 3.63) is 27.7 Å². The third-order valence-electron chi connectivity index (χ3n) is 2.47. The fraction of sp³-hybridized carbons (Fsp3) is 0.400. The van der Waals surface area contributed by atoms with Crippen molar-refractivity contribution in [1.82, 2.24) is 10.6 Å². The molecule has 82 valence electrons. The fourth-order valence-corrected chi connectivity index (χ4v) is 2.23. The second-order valence-electron chi connectivity index (χ2n) is 3.54. The number of piperazine rings is 1. The normalized spacial score (nSPS) is 21.6. The summed E-state index contributed by atoms with van der Waals surface area (Å²) < 4.78 is 0. The van der Waals surface area contributed by atoms with Gasteiger partial charge in [0.15, 0.2) is 0 Å². The van der Waals surface area contributed by atoms with E-state index in [0.29, 0.717) is 10.0 Å². The molecule has 0 spiro atoms. The Balaban J connectivity index is 2.33. The van der Waals surface area contributed by atoms with Crippen LogP contribution < -0.4 is 10.6 Å². The molecule has 15 heavy (non-hydrogen) atoms. The summed E-state index contributed by atoms with van der Waals surface area (Å²) in [5, 5.41) is 17.2. The zero-order valence-electron chi connectivity index (χ0n) is 8.06. The van der Waals surface area contributed by atoms with Crippen LogP contribution in [-0.4, -0.2) is 24.7 Å². The molecule has 1 atom stereocenters. The van der Waals surface area contributed by atoms with Crippen LogP contribution in [0.25, 0.3) is 0 Å². The molecular formula is C10H12Cl2N2O. The maximum absolute atomic E-state index is 9.82. The van der Waals surface area contributed by atoms with Gasteiger partial charge >= 0.3 is 0 Å². The SMILES string of the molecule is Oc1c(Cl)cc(Cl)cc1[C@@H]1CNCCN1. The van der Waals surface area contributed by atoms with Crippen LogP contribution in [0, 0.1) is 0 Å². The van der Waals surface area contributed by atoms with Crippen molar-refractivity contribution in [2.24, 2.45) is 0 Å². The summed E-state index contributed by atoms with van der Waals surface area (Å²) in [7, 11) is 0. The van der Waals surface area contributed by atoms with Crippen molar-refractivity contribution in [1.29, 1.82) is 0 Å². The molecule has 0 radical (unpaired) electrons. The highest BCUT2D eigenvalue weighted by atomic mass is 35.5. The molecule has 5 heteroatoms. The van der Waals surface area contributed by atoms with Crippen LogP contribution in [-0.2, 0) is 0 Å². The van der Waals surface area contributed by atoms with Gasteiger partial charge in [0, 0.05) is 36.3 Å². The van der Waals surface area contributed by atoms with E-state index in [4.69, 9.17) is 23.2 Å². The van der Waals surface area contributed by atoms with Gasteiger partial charge < -0.3 is 15.7 Å². The van der Waals surface area contributed by atoms with Gasteiger partial charge in [-0.05, 0) is 12.1 Å². The second kappa shape index (κ2) is 4.58. The Bertz CT molecular complexity index is 365. The largest absolute Gasteiger partial charge is 0.506 e. The summed E-state index contributed by atoms with van der Waals surface area (Å²) in [6.45, 7) is 2.57. The summed E-state index contributed by atoms with van der Waals surface area (Å²) in [5.74, 6) is 0.113.